The fourth-order valence-corrected chi connectivity index (χ4v) is 2.21. The molecule has 2 rings (SSSR count). The highest BCUT2D eigenvalue weighted by Crippen LogP contribution is 2.13. The SMILES string of the molecule is CCCCn1c(=O)n(C)c(=O)c2c1nc(N)n2CC. The Kier molecular flexibility index (Phi) is 3.46. The van der Waals surface area contributed by atoms with E-state index in [1.165, 1.54) is 11.6 Å². The summed E-state index contributed by atoms with van der Waals surface area (Å²) in [7, 11) is 1.48. The standard InChI is InChI=1S/C12H19N5O2/c1-4-6-7-17-9-8(10(18)15(3)12(17)19)16(5-2)11(13)14-9/h4-7H2,1-3H3,(H2,13,14). The first kappa shape index (κ1) is 13.4. The average molecular weight is 265 g/mol. The highest BCUT2D eigenvalue weighted by atomic mass is 16.2. The number of nitrogens with two attached hydrogens (primary N) is 1. The van der Waals surface area contributed by atoms with E-state index in [4.69, 9.17) is 5.73 Å². The summed E-state index contributed by atoms with van der Waals surface area (Å²) in [5.74, 6) is 0.269. The van der Waals surface area contributed by atoms with E-state index >= 15 is 0 Å². The van der Waals surface area contributed by atoms with Crippen molar-refractivity contribution in [2.24, 2.45) is 7.05 Å². The molecule has 2 heterocycles. The Balaban J connectivity index is 2.88. The van der Waals surface area contributed by atoms with Crippen molar-refractivity contribution < 1.29 is 0 Å². The van der Waals surface area contributed by atoms with Gasteiger partial charge in [-0.1, -0.05) is 13.3 Å². The van der Waals surface area contributed by atoms with Gasteiger partial charge in [0.25, 0.3) is 5.56 Å². The predicted octanol–water partition coefficient (Wildman–Crippen LogP) is 0.299. The van der Waals surface area contributed by atoms with E-state index in [1.54, 1.807) is 4.57 Å². The van der Waals surface area contributed by atoms with Crippen LogP contribution in [0.4, 0.5) is 5.95 Å². The van der Waals surface area contributed by atoms with Gasteiger partial charge < -0.3 is 10.3 Å². The van der Waals surface area contributed by atoms with Crippen LogP contribution in [-0.2, 0) is 20.1 Å². The topological polar surface area (TPSA) is 87.8 Å². The Morgan fingerprint density at radius 1 is 1.21 bits per heavy atom. The number of aryl methyl sites for hydroxylation is 2. The van der Waals surface area contributed by atoms with Crippen molar-refractivity contribution in [2.45, 2.75) is 39.8 Å². The van der Waals surface area contributed by atoms with Crippen LogP contribution in [0.1, 0.15) is 26.7 Å². The lowest BCUT2D eigenvalue weighted by molar-refractivity contribution is 0.583. The molecule has 0 aromatic carbocycles. The highest BCUT2D eigenvalue weighted by Gasteiger charge is 2.17. The van der Waals surface area contributed by atoms with E-state index in [2.05, 4.69) is 4.98 Å². The zero-order valence-electron chi connectivity index (χ0n) is 11.5. The summed E-state index contributed by atoms with van der Waals surface area (Å²) in [4.78, 5) is 28.5. The van der Waals surface area contributed by atoms with Gasteiger partial charge in [0.1, 0.15) is 0 Å². The van der Waals surface area contributed by atoms with Crippen LogP contribution in [0, 0.1) is 0 Å². The maximum atomic E-state index is 12.2. The summed E-state index contributed by atoms with van der Waals surface area (Å²) in [5.41, 5.74) is 5.92. The summed E-state index contributed by atoms with van der Waals surface area (Å²) in [5, 5.41) is 0. The molecule has 0 unspecified atom stereocenters. The van der Waals surface area contributed by atoms with Crippen LogP contribution >= 0.6 is 0 Å². The van der Waals surface area contributed by atoms with E-state index in [0.717, 1.165) is 17.4 Å². The molecule has 0 aliphatic rings. The van der Waals surface area contributed by atoms with Gasteiger partial charge in [0.15, 0.2) is 11.2 Å². The first-order chi connectivity index (χ1) is 9.02. The lowest BCUT2D eigenvalue weighted by Gasteiger charge is -2.08. The van der Waals surface area contributed by atoms with Gasteiger partial charge in [-0.2, -0.15) is 4.98 Å². The number of nitrogen functional groups attached to an aromatic ring is 1. The number of aromatic nitrogens is 4. The maximum absolute atomic E-state index is 12.2. The third-order valence-corrected chi connectivity index (χ3v) is 3.31. The minimum atomic E-state index is -0.348. The third-order valence-electron chi connectivity index (χ3n) is 3.31. The van der Waals surface area contributed by atoms with Crippen molar-refractivity contribution in [2.75, 3.05) is 5.73 Å². The van der Waals surface area contributed by atoms with E-state index in [9.17, 15) is 9.59 Å². The number of rotatable bonds is 4. The smallest absolute Gasteiger partial charge is 0.332 e. The molecule has 0 saturated heterocycles. The summed E-state index contributed by atoms with van der Waals surface area (Å²) < 4.78 is 4.29. The second-order valence-corrected chi connectivity index (χ2v) is 4.54. The largest absolute Gasteiger partial charge is 0.369 e. The number of unbranched alkanes of at least 4 members (excludes halogenated alkanes) is 1. The van der Waals surface area contributed by atoms with Crippen molar-refractivity contribution in [3.63, 3.8) is 0 Å². The van der Waals surface area contributed by atoms with Gasteiger partial charge in [-0.05, 0) is 13.3 Å². The number of fused-ring (bicyclic) bond motifs is 1. The molecule has 2 aromatic rings. The fourth-order valence-electron chi connectivity index (χ4n) is 2.21. The first-order valence-electron chi connectivity index (χ1n) is 6.48. The van der Waals surface area contributed by atoms with Gasteiger partial charge in [0.05, 0.1) is 0 Å². The number of hydrogen-bond acceptors (Lipinski definition) is 4. The van der Waals surface area contributed by atoms with E-state index < -0.39 is 0 Å². The van der Waals surface area contributed by atoms with E-state index in [0.29, 0.717) is 24.3 Å². The molecule has 104 valence electrons. The molecule has 0 saturated carbocycles. The van der Waals surface area contributed by atoms with Crippen molar-refractivity contribution in [1.82, 2.24) is 18.7 Å². The summed E-state index contributed by atoms with van der Waals surface area (Å²) in [6.07, 6.45) is 1.81. The molecule has 0 aliphatic carbocycles. The Labute approximate surface area is 110 Å². The molecule has 0 amide bonds. The van der Waals surface area contributed by atoms with Gasteiger partial charge in [-0.25, -0.2) is 4.79 Å². The molecule has 7 nitrogen and oxygen atoms in total. The van der Waals surface area contributed by atoms with Gasteiger partial charge >= 0.3 is 5.69 Å². The van der Waals surface area contributed by atoms with Crippen LogP contribution in [-0.4, -0.2) is 18.7 Å². The van der Waals surface area contributed by atoms with Crippen LogP contribution in [0.2, 0.25) is 0 Å². The molecular formula is C12H19N5O2. The second-order valence-electron chi connectivity index (χ2n) is 4.54. The second kappa shape index (κ2) is 4.91. The maximum Gasteiger partial charge on any atom is 0.332 e. The van der Waals surface area contributed by atoms with Gasteiger partial charge in [-0.3, -0.25) is 13.9 Å². The molecule has 0 fully saturated rings. The van der Waals surface area contributed by atoms with Gasteiger partial charge in [-0.15, -0.1) is 0 Å². The first-order valence-corrected chi connectivity index (χ1v) is 6.48. The molecule has 7 heteroatoms. The number of hydrogen-bond donors (Lipinski definition) is 1. The minimum absolute atomic E-state index is 0.269. The van der Waals surface area contributed by atoms with Crippen molar-refractivity contribution >= 4 is 17.1 Å². The molecule has 19 heavy (non-hydrogen) atoms. The molecule has 0 atom stereocenters. The molecule has 0 aliphatic heterocycles. The lowest BCUT2D eigenvalue weighted by atomic mass is 10.3. The molecule has 0 radical (unpaired) electrons. The molecule has 0 bridgehead atoms. The Morgan fingerprint density at radius 2 is 1.89 bits per heavy atom. The van der Waals surface area contributed by atoms with Crippen LogP contribution in [0.5, 0.6) is 0 Å². The summed E-state index contributed by atoms with van der Waals surface area (Å²) in [6.45, 7) is 5.02. The average Bonchev–Trinajstić information content (AvgIpc) is 2.72. The highest BCUT2D eigenvalue weighted by molar-refractivity contribution is 5.73. The van der Waals surface area contributed by atoms with Gasteiger partial charge in [0.2, 0.25) is 5.95 Å². The van der Waals surface area contributed by atoms with Crippen molar-refractivity contribution in [1.29, 1.82) is 0 Å². The Morgan fingerprint density at radius 3 is 2.47 bits per heavy atom. The summed E-state index contributed by atoms with van der Waals surface area (Å²) in [6, 6.07) is 0. The monoisotopic (exact) mass is 265 g/mol. The van der Waals surface area contributed by atoms with Crippen LogP contribution in [0.3, 0.4) is 0 Å². The molecule has 0 spiro atoms. The van der Waals surface area contributed by atoms with E-state index in [-0.39, 0.29) is 17.2 Å². The normalized spacial score (nSPS) is 11.3. The quantitative estimate of drug-likeness (QED) is 0.861. The van der Waals surface area contributed by atoms with Crippen molar-refractivity contribution in [3.05, 3.63) is 20.8 Å². The molecular weight excluding hydrogens is 246 g/mol. The lowest BCUT2D eigenvalue weighted by Crippen LogP contribution is -2.38. The van der Waals surface area contributed by atoms with Crippen LogP contribution in [0.25, 0.3) is 11.2 Å². The number of anilines is 1. The fraction of sp³-hybridized carbons (Fsp3) is 0.583. The third kappa shape index (κ3) is 1.94. The molecule has 2 N–H and O–H groups in total. The van der Waals surface area contributed by atoms with Crippen LogP contribution < -0.4 is 17.0 Å². The van der Waals surface area contributed by atoms with Crippen LogP contribution in [0.15, 0.2) is 9.59 Å². The minimum Gasteiger partial charge on any atom is -0.369 e. The predicted molar refractivity (Wildman–Crippen MR) is 74.2 cm³/mol. The van der Waals surface area contributed by atoms with Gasteiger partial charge in [0, 0.05) is 20.1 Å². The Bertz CT molecular complexity index is 722. The van der Waals surface area contributed by atoms with Crippen molar-refractivity contribution in [3.8, 4) is 0 Å². The Hall–Kier alpha value is -2.05. The number of nitrogens with zero attached hydrogens (tertiary/aromatic N) is 4. The molecule has 2 aromatic heterocycles. The van der Waals surface area contributed by atoms with E-state index in [1.807, 2.05) is 13.8 Å². The zero-order valence-corrected chi connectivity index (χ0v) is 11.5. The number of imidazole rings is 1. The zero-order chi connectivity index (χ0) is 14.2. The summed E-state index contributed by atoms with van der Waals surface area (Å²) >= 11 is 0.